The molecule has 0 N–H and O–H groups in total. The highest BCUT2D eigenvalue weighted by molar-refractivity contribution is 5.94. The molecule has 0 radical (unpaired) electrons. The van der Waals surface area contributed by atoms with E-state index in [1.807, 2.05) is 23.1 Å². The number of amides is 1. The van der Waals surface area contributed by atoms with E-state index in [9.17, 15) is 4.79 Å². The zero-order chi connectivity index (χ0) is 12.4. The second-order valence-corrected chi connectivity index (χ2v) is 5.14. The maximum absolute atomic E-state index is 12.4. The second-order valence-electron chi connectivity index (χ2n) is 5.14. The summed E-state index contributed by atoms with van der Waals surface area (Å²) in [5.74, 6) is 0.195. The smallest absolute Gasteiger partial charge is 0.254 e. The maximum Gasteiger partial charge on any atom is 0.254 e. The molecule has 0 aliphatic carbocycles. The normalized spacial score (nSPS) is 20.4. The quantitative estimate of drug-likeness (QED) is 0.726. The summed E-state index contributed by atoms with van der Waals surface area (Å²) in [5, 5.41) is 0. The fourth-order valence-electron chi connectivity index (χ4n) is 2.44. The highest BCUT2D eigenvalue weighted by Gasteiger charge is 2.24. The molecule has 0 aromatic heterocycles. The molecule has 17 heavy (non-hydrogen) atoms. The number of hydrogen-bond donors (Lipinski definition) is 0. The van der Waals surface area contributed by atoms with Gasteiger partial charge in [0.2, 0.25) is 0 Å². The van der Waals surface area contributed by atoms with Crippen LogP contribution in [-0.4, -0.2) is 23.4 Å². The van der Waals surface area contributed by atoms with Crippen LogP contribution in [0.3, 0.4) is 0 Å². The molecule has 1 saturated heterocycles. The molecule has 0 unspecified atom stereocenters. The van der Waals surface area contributed by atoms with Gasteiger partial charge >= 0.3 is 0 Å². The van der Waals surface area contributed by atoms with Crippen LogP contribution in [0.1, 0.15) is 47.7 Å². The number of rotatable bonds is 1. The highest BCUT2D eigenvalue weighted by atomic mass is 16.2. The summed E-state index contributed by atoms with van der Waals surface area (Å²) in [6, 6.07) is 6.39. The van der Waals surface area contributed by atoms with Gasteiger partial charge in [0, 0.05) is 18.2 Å². The van der Waals surface area contributed by atoms with Gasteiger partial charge in [-0.15, -0.1) is 0 Å². The number of aryl methyl sites for hydroxylation is 2. The minimum atomic E-state index is 0.195. The molecule has 0 spiro atoms. The minimum Gasteiger partial charge on any atom is -0.336 e. The zero-order valence-electron chi connectivity index (χ0n) is 11.0. The van der Waals surface area contributed by atoms with Crippen LogP contribution in [0.2, 0.25) is 0 Å². The van der Waals surface area contributed by atoms with E-state index < -0.39 is 0 Å². The van der Waals surface area contributed by atoms with Crippen LogP contribution in [-0.2, 0) is 0 Å². The highest BCUT2D eigenvalue weighted by Crippen LogP contribution is 2.20. The van der Waals surface area contributed by atoms with Crippen LogP contribution in [0.25, 0.3) is 0 Å². The molecule has 92 valence electrons. The average Bonchev–Trinajstić information content (AvgIpc) is 2.32. The fourth-order valence-corrected chi connectivity index (χ4v) is 2.44. The van der Waals surface area contributed by atoms with E-state index in [1.54, 1.807) is 0 Å². The Balaban J connectivity index is 2.21. The van der Waals surface area contributed by atoms with Crippen LogP contribution in [0.4, 0.5) is 0 Å². The van der Waals surface area contributed by atoms with Gasteiger partial charge in [0.15, 0.2) is 0 Å². The molecule has 1 aliphatic heterocycles. The van der Waals surface area contributed by atoms with Gasteiger partial charge in [0.05, 0.1) is 0 Å². The van der Waals surface area contributed by atoms with Crippen molar-refractivity contribution in [1.82, 2.24) is 4.90 Å². The SMILES string of the molecule is Cc1ccc(C(=O)N2CCCC[C@@H]2C)cc1C. The Morgan fingerprint density at radius 1 is 1.24 bits per heavy atom. The second kappa shape index (κ2) is 4.91. The molecule has 1 heterocycles. The van der Waals surface area contributed by atoms with E-state index in [1.165, 1.54) is 17.5 Å². The number of carbonyl (C=O) groups excluding carboxylic acids is 1. The van der Waals surface area contributed by atoms with Crippen molar-refractivity contribution in [2.45, 2.75) is 46.1 Å². The third-order valence-corrected chi connectivity index (χ3v) is 3.82. The number of piperidine rings is 1. The van der Waals surface area contributed by atoms with Gasteiger partial charge in [-0.2, -0.15) is 0 Å². The molecule has 1 atom stereocenters. The van der Waals surface area contributed by atoms with E-state index in [2.05, 4.69) is 20.8 Å². The molecule has 0 saturated carbocycles. The molecule has 0 bridgehead atoms. The predicted molar refractivity (Wildman–Crippen MR) is 70.3 cm³/mol. The Morgan fingerprint density at radius 2 is 2.00 bits per heavy atom. The third-order valence-electron chi connectivity index (χ3n) is 3.82. The number of likely N-dealkylation sites (tertiary alicyclic amines) is 1. The van der Waals surface area contributed by atoms with Crippen LogP contribution in [0.15, 0.2) is 18.2 Å². The van der Waals surface area contributed by atoms with Gasteiger partial charge in [0.1, 0.15) is 0 Å². The summed E-state index contributed by atoms with van der Waals surface area (Å²) in [5.41, 5.74) is 3.27. The first-order valence-corrected chi connectivity index (χ1v) is 6.48. The van der Waals surface area contributed by atoms with Crippen molar-refractivity contribution in [2.24, 2.45) is 0 Å². The topological polar surface area (TPSA) is 20.3 Å². The van der Waals surface area contributed by atoms with E-state index >= 15 is 0 Å². The standard InChI is InChI=1S/C15H21NO/c1-11-7-8-14(10-12(11)2)15(17)16-9-5-4-6-13(16)3/h7-8,10,13H,4-6,9H2,1-3H3/t13-/m0/s1. The van der Waals surface area contributed by atoms with Gasteiger partial charge in [-0.1, -0.05) is 6.07 Å². The number of carbonyl (C=O) groups is 1. The first kappa shape index (κ1) is 12.2. The number of benzene rings is 1. The maximum atomic E-state index is 12.4. The van der Waals surface area contributed by atoms with Gasteiger partial charge < -0.3 is 4.90 Å². The predicted octanol–water partition coefficient (Wildman–Crippen LogP) is 3.32. The lowest BCUT2D eigenvalue weighted by Gasteiger charge is -2.33. The molecule has 1 aromatic rings. The Hall–Kier alpha value is -1.31. The Kier molecular flexibility index (Phi) is 3.51. The van der Waals surface area contributed by atoms with Crippen molar-refractivity contribution in [2.75, 3.05) is 6.54 Å². The van der Waals surface area contributed by atoms with E-state index in [4.69, 9.17) is 0 Å². The molecule has 1 fully saturated rings. The summed E-state index contributed by atoms with van der Waals surface area (Å²) >= 11 is 0. The Bertz CT molecular complexity index is 425. The summed E-state index contributed by atoms with van der Waals surface area (Å²) in [4.78, 5) is 14.4. The number of nitrogens with zero attached hydrogens (tertiary/aromatic N) is 1. The largest absolute Gasteiger partial charge is 0.336 e. The van der Waals surface area contributed by atoms with Crippen molar-refractivity contribution in [3.05, 3.63) is 34.9 Å². The lowest BCUT2D eigenvalue weighted by Crippen LogP contribution is -2.42. The van der Waals surface area contributed by atoms with E-state index in [0.29, 0.717) is 6.04 Å². The molecular weight excluding hydrogens is 210 g/mol. The Labute approximate surface area is 104 Å². The molecule has 2 nitrogen and oxygen atoms in total. The van der Waals surface area contributed by atoms with Crippen molar-refractivity contribution >= 4 is 5.91 Å². The summed E-state index contributed by atoms with van der Waals surface area (Å²) in [7, 11) is 0. The van der Waals surface area contributed by atoms with E-state index in [0.717, 1.165) is 24.9 Å². The van der Waals surface area contributed by atoms with Crippen molar-refractivity contribution in [1.29, 1.82) is 0 Å². The zero-order valence-corrected chi connectivity index (χ0v) is 11.0. The van der Waals surface area contributed by atoms with Crippen LogP contribution in [0.5, 0.6) is 0 Å². The lowest BCUT2D eigenvalue weighted by atomic mass is 10.0. The van der Waals surface area contributed by atoms with Gasteiger partial charge in [0.25, 0.3) is 5.91 Å². The first-order chi connectivity index (χ1) is 8.09. The third kappa shape index (κ3) is 2.51. The monoisotopic (exact) mass is 231 g/mol. The minimum absolute atomic E-state index is 0.195. The van der Waals surface area contributed by atoms with Crippen molar-refractivity contribution in [3.63, 3.8) is 0 Å². The summed E-state index contributed by atoms with van der Waals surface area (Å²) in [6.45, 7) is 7.20. The average molecular weight is 231 g/mol. The molecule has 2 rings (SSSR count). The first-order valence-electron chi connectivity index (χ1n) is 6.48. The van der Waals surface area contributed by atoms with Crippen LogP contribution < -0.4 is 0 Å². The van der Waals surface area contributed by atoms with Gasteiger partial charge in [-0.25, -0.2) is 0 Å². The van der Waals surface area contributed by atoms with E-state index in [-0.39, 0.29) is 5.91 Å². The van der Waals surface area contributed by atoms with Crippen LogP contribution in [0, 0.1) is 13.8 Å². The molecule has 1 amide bonds. The van der Waals surface area contributed by atoms with Crippen molar-refractivity contribution < 1.29 is 4.79 Å². The molecule has 1 aliphatic rings. The fraction of sp³-hybridized carbons (Fsp3) is 0.533. The molecule has 1 aromatic carbocycles. The van der Waals surface area contributed by atoms with Crippen molar-refractivity contribution in [3.8, 4) is 0 Å². The summed E-state index contributed by atoms with van der Waals surface area (Å²) in [6.07, 6.45) is 3.52. The molecular formula is C15H21NO. The van der Waals surface area contributed by atoms with Crippen LogP contribution >= 0.6 is 0 Å². The van der Waals surface area contributed by atoms with Gasteiger partial charge in [-0.3, -0.25) is 4.79 Å². The summed E-state index contributed by atoms with van der Waals surface area (Å²) < 4.78 is 0. The Morgan fingerprint density at radius 3 is 2.65 bits per heavy atom. The lowest BCUT2D eigenvalue weighted by molar-refractivity contribution is 0.0635. The molecule has 2 heteroatoms. The number of hydrogen-bond acceptors (Lipinski definition) is 1. The van der Waals surface area contributed by atoms with Gasteiger partial charge in [-0.05, 0) is 63.3 Å².